The van der Waals surface area contributed by atoms with E-state index >= 15 is 0 Å². The maximum absolute atomic E-state index is 12.4. The van der Waals surface area contributed by atoms with Crippen molar-refractivity contribution in [3.63, 3.8) is 0 Å². The molecule has 3 aromatic rings. The Labute approximate surface area is 135 Å². The van der Waals surface area contributed by atoms with E-state index in [0.29, 0.717) is 27.8 Å². The Morgan fingerprint density at radius 3 is 3.05 bits per heavy atom. The first-order valence-corrected chi connectivity index (χ1v) is 7.76. The van der Waals surface area contributed by atoms with Crippen molar-refractivity contribution < 1.29 is 4.79 Å². The molecule has 0 unspecified atom stereocenters. The molecule has 8 heteroatoms. The molecule has 22 heavy (non-hydrogen) atoms. The molecule has 0 fully saturated rings. The fourth-order valence-corrected chi connectivity index (χ4v) is 2.83. The predicted molar refractivity (Wildman–Crippen MR) is 85.8 cm³/mol. The number of hydrogen-bond donors (Lipinski definition) is 1. The third kappa shape index (κ3) is 2.86. The van der Waals surface area contributed by atoms with Gasteiger partial charge in [-0.25, -0.2) is 4.68 Å². The molecule has 6 nitrogen and oxygen atoms in total. The minimum absolute atomic E-state index is 0.240. The van der Waals surface area contributed by atoms with Gasteiger partial charge in [0, 0.05) is 11.1 Å². The molecule has 1 aromatic carbocycles. The lowest BCUT2D eigenvalue weighted by molar-refractivity contribution is 0.102. The lowest BCUT2D eigenvalue weighted by atomic mass is 10.3. The number of anilines is 1. The normalized spacial score (nSPS) is 10.6. The van der Waals surface area contributed by atoms with Gasteiger partial charge in [-0.3, -0.25) is 4.79 Å². The SMILES string of the molecule is CCc1nnsc1C(=O)Nc1ccnn1-c1cccc(Cl)c1. The molecule has 2 aromatic heterocycles. The Bertz CT molecular complexity index is 813. The molecule has 2 heterocycles. The second-order valence-corrected chi connectivity index (χ2v) is 5.66. The van der Waals surface area contributed by atoms with Crippen molar-refractivity contribution in [2.75, 3.05) is 5.32 Å². The summed E-state index contributed by atoms with van der Waals surface area (Å²) in [5, 5.41) is 11.6. The van der Waals surface area contributed by atoms with Gasteiger partial charge in [-0.1, -0.05) is 29.1 Å². The van der Waals surface area contributed by atoms with Gasteiger partial charge in [0.05, 0.1) is 17.6 Å². The molecule has 0 bridgehead atoms. The highest BCUT2D eigenvalue weighted by molar-refractivity contribution is 7.08. The maximum atomic E-state index is 12.4. The molecule has 0 saturated heterocycles. The second kappa shape index (κ2) is 6.25. The minimum Gasteiger partial charge on any atom is -0.306 e. The lowest BCUT2D eigenvalue weighted by Crippen LogP contribution is -2.15. The van der Waals surface area contributed by atoms with Gasteiger partial charge in [-0.15, -0.1) is 5.10 Å². The standard InChI is InChI=1S/C14H12ClN5OS/c1-2-11-13(22-19-18-11)14(21)17-12-6-7-16-20(12)10-5-3-4-9(15)8-10/h3-8H,2H2,1H3,(H,17,21). The number of amides is 1. The summed E-state index contributed by atoms with van der Waals surface area (Å²) in [6.45, 7) is 1.93. The highest BCUT2D eigenvalue weighted by atomic mass is 35.5. The van der Waals surface area contributed by atoms with Crippen LogP contribution in [-0.4, -0.2) is 25.3 Å². The first-order chi connectivity index (χ1) is 10.7. The summed E-state index contributed by atoms with van der Waals surface area (Å²) in [5.74, 6) is 0.318. The number of nitrogens with zero attached hydrogens (tertiary/aromatic N) is 4. The highest BCUT2D eigenvalue weighted by Gasteiger charge is 2.17. The molecule has 0 atom stereocenters. The zero-order chi connectivity index (χ0) is 15.5. The van der Waals surface area contributed by atoms with Gasteiger partial charge in [-0.05, 0) is 36.2 Å². The third-order valence-corrected chi connectivity index (χ3v) is 4.04. The summed E-state index contributed by atoms with van der Waals surface area (Å²) in [4.78, 5) is 12.9. The average molecular weight is 334 g/mol. The number of rotatable bonds is 4. The zero-order valence-corrected chi connectivity index (χ0v) is 13.2. The Morgan fingerprint density at radius 2 is 2.27 bits per heavy atom. The van der Waals surface area contributed by atoms with E-state index in [1.54, 1.807) is 29.1 Å². The summed E-state index contributed by atoms with van der Waals surface area (Å²) in [5.41, 5.74) is 1.46. The monoisotopic (exact) mass is 333 g/mol. The van der Waals surface area contributed by atoms with E-state index in [0.717, 1.165) is 17.2 Å². The number of hydrogen-bond acceptors (Lipinski definition) is 5. The molecule has 0 aliphatic heterocycles. The van der Waals surface area contributed by atoms with E-state index in [2.05, 4.69) is 20.0 Å². The summed E-state index contributed by atoms with van der Waals surface area (Å²) in [7, 11) is 0. The van der Waals surface area contributed by atoms with E-state index in [9.17, 15) is 4.79 Å². The molecular formula is C14H12ClN5OS. The third-order valence-electron chi connectivity index (χ3n) is 3.03. The number of carbonyl (C=O) groups is 1. The quantitative estimate of drug-likeness (QED) is 0.795. The maximum Gasteiger partial charge on any atom is 0.270 e. The van der Waals surface area contributed by atoms with Gasteiger partial charge in [0.15, 0.2) is 0 Å². The summed E-state index contributed by atoms with van der Waals surface area (Å²) in [6, 6.07) is 8.96. The lowest BCUT2D eigenvalue weighted by Gasteiger charge is -2.08. The van der Waals surface area contributed by atoms with Gasteiger partial charge in [-0.2, -0.15) is 5.10 Å². The zero-order valence-electron chi connectivity index (χ0n) is 11.7. The highest BCUT2D eigenvalue weighted by Crippen LogP contribution is 2.20. The summed E-state index contributed by atoms with van der Waals surface area (Å²) in [6.07, 6.45) is 2.27. The van der Waals surface area contributed by atoms with Gasteiger partial charge in [0.2, 0.25) is 0 Å². The molecule has 0 spiro atoms. The fraction of sp³-hybridized carbons (Fsp3) is 0.143. The van der Waals surface area contributed by atoms with Crippen LogP contribution in [0.15, 0.2) is 36.5 Å². The van der Waals surface area contributed by atoms with Crippen LogP contribution in [0.4, 0.5) is 5.82 Å². The van der Waals surface area contributed by atoms with Crippen molar-refractivity contribution in [2.45, 2.75) is 13.3 Å². The van der Waals surface area contributed by atoms with Crippen LogP contribution in [-0.2, 0) is 6.42 Å². The largest absolute Gasteiger partial charge is 0.306 e. The number of aromatic nitrogens is 4. The van der Waals surface area contributed by atoms with Crippen molar-refractivity contribution >= 4 is 34.9 Å². The topological polar surface area (TPSA) is 72.7 Å². The number of nitrogens with one attached hydrogen (secondary N) is 1. The molecule has 1 amide bonds. The van der Waals surface area contributed by atoms with Crippen LogP contribution in [0.25, 0.3) is 5.69 Å². The van der Waals surface area contributed by atoms with Crippen molar-refractivity contribution in [3.8, 4) is 5.69 Å². The van der Waals surface area contributed by atoms with Crippen molar-refractivity contribution in [2.24, 2.45) is 0 Å². The van der Waals surface area contributed by atoms with E-state index in [4.69, 9.17) is 11.6 Å². The molecule has 0 aliphatic rings. The van der Waals surface area contributed by atoms with Crippen LogP contribution in [0.3, 0.4) is 0 Å². The van der Waals surface area contributed by atoms with Gasteiger partial charge >= 0.3 is 0 Å². The Hall–Kier alpha value is -2.25. The first kappa shape index (κ1) is 14.7. The molecule has 0 aliphatic carbocycles. The molecule has 0 radical (unpaired) electrons. The average Bonchev–Trinajstić information content (AvgIpc) is 3.15. The van der Waals surface area contributed by atoms with Crippen LogP contribution in [0.2, 0.25) is 5.02 Å². The van der Waals surface area contributed by atoms with Gasteiger partial charge < -0.3 is 5.32 Å². The van der Waals surface area contributed by atoms with Crippen LogP contribution in [0.1, 0.15) is 22.3 Å². The molecule has 0 saturated carbocycles. The van der Waals surface area contributed by atoms with Crippen molar-refractivity contribution in [1.29, 1.82) is 0 Å². The number of aryl methyl sites for hydroxylation is 1. The Morgan fingerprint density at radius 1 is 1.41 bits per heavy atom. The smallest absolute Gasteiger partial charge is 0.270 e. The minimum atomic E-state index is -0.240. The number of carbonyl (C=O) groups excluding carboxylic acids is 1. The molecule has 3 rings (SSSR count). The van der Waals surface area contributed by atoms with Crippen LogP contribution < -0.4 is 5.32 Å². The van der Waals surface area contributed by atoms with Crippen LogP contribution >= 0.6 is 23.1 Å². The fourth-order valence-electron chi connectivity index (χ4n) is 2.00. The Kier molecular flexibility index (Phi) is 4.17. The van der Waals surface area contributed by atoms with Crippen LogP contribution in [0, 0.1) is 0 Å². The number of benzene rings is 1. The number of halogens is 1. The molecule has 1 N–H and O–H groups in total. The molecular weight excluding hydrogens is 322 g/mol. The first-order valence-electron chi connectivity index (χ1n) is 6.61. The van der Waals surface area contributed by atoms with Crippen molar-refractivity contribution in [3.05, 3.63) is 52.1 Å². The van der Waals surface area contributed by atoms with Crippen molar-refractivity contribution in [1.82, 2.24) is 19.4 Å². The molecule has 112 valence electrons. The van der Waals surface area contributed by atoms with E-state index < -0.39 is 0 Å². The van der Waals surface area contributed by atoms with Gasteiger partial charge in [0.1, 0.15) is 10.7 Å². The van der Waals surface area contributed by atoms with E-state index in [1.165, 1.54) is 0 Å². The van der Waals surface area contributed by atoms with E-state index in [-0.39, 0.29) is 5.91 Å². The summed E-state index contributed by atoms with van der Waals surface area (Å²) < 4.78 is 5.44. The predicted octanol–water partition coefficient (Wildman–Crippen LogP) is 3.19. The second-order valence-electron chi connectivity index (χ2n) is 4.46. The van der Waals surface area contributed by atoms with Crippen LogP contribution in [0.5, 0.6) is 0 Å². The summed E-state index contributed by atoms with van der Waals surface area (Å²) >= 11 is 7.08. The van der Waals surface area contributed by atoms with E-state index in [1.807, 2.05) is 19.1 Å². The van der Waals surface area contributed by atoms with Gasteiger partial charge in [0.25, 0.3) is 5.91 Å². The Balaban J connectivity index is 1.88.